The first-order valence-electron chi connectivity index (χ1n) is 13.0. The number of piperidine rings is 1. The van der Waals surface area contributed by atoms with E-state index in [1.165, 1.54) is 12.1 Å². The highest BCUT2D eigenvalue weighted by atomic mass is 19.1. The molecule has 37 heavy (non-hydrogen) atoms. The normalized spacial score (nSPS) is 26.5. The molecule has 0 radical (unpaired) electrons. The second kappa shape index (κ2) is 9.78. The van der Waals surface area contributed by atoms with Crippen molar-refractivity contribution in [2.24, 2.45) is 0 Å². The molecule has 1 aliphatic carbocycles. The van der Waals surface area contributed by atoms with E-state index in [4.69, 9.17) is 9.47 Å². The van der Waals surface area contributed by atoms with Crippen molar-refractivity contribution < 1.29 is 28.2 Å². The van der Waals surface area contributed by atoms with E-state index in [2.05, 4.69) is 10.2 Å². The van der Waals surface area contributed by atoms with Crippen LogP contribution < -0.4 is 14.8 Å². The van der Waals surface area contributed by atoms with E-state index in [0.717, 1.165) is 50.1 Å². The van der Waals surface area contributed by atoms with Crippen molar-refractivity contribution in [2.75, 3.05) is 13.1 Å². The third-order valence-electron chi connectivity index (χ3n) is 7.89. The predicted octanol–water partition coefficient (Wildman–Crippen LogP) is 3.04. The number of likely N-dealkylation sites (tertiary alicyclic amines) is 1. The molecular formula is C28H30FN3O5. The van der Waals surface area contributed by atoms with Gasteiger partial charge in [0.15, 0.2) is 0 Å². The van der Waals surface area contributed by atoms with Gasteiger partial charge in [-0.3, -0.25) is 24.6 Å². The Morgan fingerprint density at radius 3 is 2.54 bits per heavy atom. The Morgan fingerprint density at radius 2 is 1.73 bits per heavy atom. The lowest BCUT2D eigenvalue weighted by Crippen LogP contribution is -2.62. The third kappa shape index (κ3) is 4.80. The van der Waals surface area contributed by atoms with Gasteiger partial charge in [-0.1, -0.05) is 12.5 Å². The van der Waals surface area contributed by atoms with Crippen molar-refractivity contribution in [3.63, 3.8) is 0 Å². The first-order valence-corrected chi connectivity index (χ1v) is 13.0. The van der Waals surface area contributed by atoms with Gasteiger partial charge in [0.05, 0.1) is 0 Å². The number of nitrogens with one attached hydrogen (secondary N) is 1. The van der Waals surface area contributed by atoms with Crippen LogP contribution in [0.3, 0.4) is 0 Å². The Bertz CT molecular complexity index is 1230. The van der Waals surface area contributed by atoms with Crippen LogP contribution in [-0.2, 0) is 16.1 Å². The molecule has 3 fully saturated rings. The van der Waals surface area contributed by atoms with Crippen LogP contribution in [0.4, 0.5) is 4.39 Å². The summed E-state index contributed by atoms with van der Waals surface area (Å²) in [5, 5.41) is 2.34. The lowest BCUT2D eigenvalue weighted by molar-refractivity contribution is -0.136. The maximum atomic E-state index is 13.5. The zero-order valence-corrected chi connectivity index (χ0v) is 20.5. The summed E-state index contributed by atoms with van der Waals surface area (Å²) in [4.78, 5) is 40.7. The van der Waals surface area contributed by atoms with Crippen LogP contribution >= 0.6 is 0 Å². The van der Waals surface area contributed by atoms with E-state index in [1.807, 2.05) is 12.1 Å². The Balaban J connectivity index is 1.09. The maximum absolute atomic E-state index is 13.5. The second-order valence-corrected chi connectivity index (χ2v) is 10.4. The number of hydrogen-bond acceptors (Lipinski definition) is 6. The van der Waals surface area contributed by atoms with Gasteiger partial charge >= 0.3 is 0 Å². The number of benzene rings is 2. The minimum atomic E-state index is -0.626. The van der Waals surface area contributed by atoms with Crippen LogP contribution in [0.2, 0.25) is 0 Å². The number of carbonyl (C=O) groups excluding carboxylic acids is 3. The molecule has 6 rings (SSSR count). The molecular weight excluding hydrogens is 477 g/mol. The van der Waals surface area contributed by atoms with E-state index in [-0.39, 0.29) is 42.3 Å². The molecule has 1 unspecified atom stereocenters. The highest BCUT2D eigenvalue weighted by Crippen LogP contribution is 2.34. The van der Waals surface area contributed by atoms with E-state index in [1.54, 1.807) is 23.1 Å². The molecule has 0 aromatic heterocycles. The molecule has 0 spiro atoms. The van der Waals surface area contributed by atoms with Crippen molar-refractivity contribution in [2.45, 2.75) is 69.4 Å². The molecule has 0 bridgehead atoms. The summed E-state index contributed by atoms with van der Waals surface area (Å²) in [5.41, 5.74) is 1.42. The highest BCUT2D eigenvalue weighted by molar-refractivity contribution is 6.05. The fourth-order valence-corrected chi connectivity index (χ4v) is 5.98. The van der Waals surface area contributed by atoms with E-state index >= 15 is 0 Å². The van der Waals surface area contributed by atoms with Crippen molar-refractivity contribution >= 4 is 17.7 Å². The van der Waals surface area contributed by atoms with Gasteiger partial charge in [-0.05, 0) is 61.6 Å². The predicted molar refractivity (Wildman–Crippen MR) is 132 cm³/mol. The maximum Gasteiger partial charge on any atom is 0.255 e. The van der Waals surface area contributed by atoms with Crippen LogP contribution in [0.1, 0.15) is 54.4 Å². The smallest absolute Gasteiger partial charge is 0.255 e. The number of fused-ring (bicyclic) bond motifs is 1. The zero-order valence-electron chi connectivity index (χ0n) is 20.5. The van der Waals surface area contributed by atoms with Gasteiger partial charge in [-0.2, -0.15) is 0 Å². The molecule has 9 heteroatoms. The van der Waals surface area contributed by atoms with Crippen LogP contribution in [-0.4, -0.2) is 64.9 Å². The molecule has 4 aliphatic rings. The number of carbonyl (C=O) groups is 3. The van der Waals surface area contributed by atoms with Gasteiger partial charge in [0.25, 0.3) is 5.91 Å². The van der Waals surface area contributed by atoms with Crippen LogP contribution in [0.15, 0.2) is 42.5 Å². The topological polar surface area (TPSA) is 88.2 Å². The SMILES string of the molecule is O=C1CCC(N2Cc3cc(O[C@@H]4CCCC[C@H]4N4CC(Oc5cccc(F)c5)C4)ccc3C2=O)C(=O)N1. The van der Waals surface area contributed by atoms with Crippen molar-refractivity contribution in [3.8, 4) is 11.5 Å². The quantitative estimate of drug-likeness (QED) is 0.605. The molecule has 1 N–H and O–H groups in total. The lowest BCUT2D eigenvalue weighted by Gasteiger charge is -2.47. The summed E-state index contributed by atoms with van der Waals surface area (Å²) in [6.07, 6.45) is 4.90. The number of amides is 3. The number of imide groups is 1. The van der Waals surface area contributed by atoms with Gasteiger partial charge < -0.3 is 14.4 Å². The van der Waals surface area contributed by atoms with Crippen LogP contribution in [0.5, 0.6) is 11.5 Å². The second-order valence-electron chi connectivity index (χ2n) is 10.4. The molecule has 194 valence electrons. The molecule has 2 saturated heterocycles. The van der Waals surface area contributed by atoms with Gasteiger partial charge in [-0.15, -0.1) is 0 Å². The number of halogens is 1. The van der Waals surface area contributed by atoms with Gasteiger partial charge in [-0.25, -0.2) is 4.39 Å². The fourth-order valence-electron chi connectivity index (χ4n) is 5.98. The monoisotopic (exact) mass is 507 g/mol. The molecule has 1 saturated carbocycles. The molecule has 2 aromatic rings. The first-order chi connectivity index (χ1) is 17.9. The zero-order chi connectivity index (χ0) is 25.5. The minimum Gasteiger partial charge on any atom is -0.489 e. The number of hydrogen-bond donors (Lipinski definition) is 1. The number of rotatable bonds is 6. The van der Waals surface area contributed by atoms with Gasteiger partial charge in [0, 0.05) is 43.7 Å². The van der Waals surface area contributed by atoms with Gasteiger partial charge in [0.2, 0.25) is 11.8 Å². The standard InChI is InChI=1S/C28H30FN3O5/c29-18-4-3-5-19(13-18)36-21-15-31(16-21)23-6-1-2-7-25(23)37-20-8-9-22-17(12-20)14-32(28(22)35)24-10-11-26(33)30-27(24)34/h3-5,8-9,12-13,21,23-25H,1-2,6-7,10-11,14-16H2,(H,30,33,34)/t23-,24?,25-/m1/s1. The van der Waals surface area contributed by atoms with Crippen molar-refractivity contribution in [1.29, 1.82) is 0 Å². The minimum absolute atomic E-state index is 0.0327. The number of ether oxygens (including phenoxy) is 2. The van der Waals surface area contributed by atoms with Crippen molar-refractivity contribution in [1.82, 2.24) is 15.1 Å². The first kappa shape index (κ1) is 23.9. The summed E-state index contributed by atoms with van der Waals surface area (Å²) < 4.78 is 25.9. The Kier molecular flexibility index (Phi) is 6.32. The fraction of sp³-hybridized carbons (Fsp3) is 0.464. The molecule has 3 atom stereocenters. The summed E-state index contributed by atoms with van der Waals surface area (Å²) in [6.45, 7) is 1.89. The average molecular weight is 508 g/mol. The Morgan fingerprint density at radius 1 is 0.919 bits per heavy atom. The van der Waals surface area contributed by atoms with Gasteiger partial charge in [0.1, 0.15) is 35.6 Å². The number of nitrogens with zero attached hydrogens (tertiary/aromatic N) is 2. The lowest BCUT2D eigenvalue weighted by atomic mass is 9.89. The summed E-state index contributed by atoms with van der Waals surface area (Å²) in [5.74, 6) is 0.0920. The molecule has 8 nitrogen and oxygen atoms in total. The molecule has 3 aliphatic heterocycles. The average Bonchev–Trinajstić information content (AvgIpc) is 3.17. The molecule has 3 amide bonds. The van der Waals surface area contributed by atoms with Crippen LogP contribution in [0, 0.1) is 5.82 Å². The molecule has 2 aromatic carbocycles. The third-order valence-corrected chi connectivity index (χ3v) is 7.89. The Labute approximate surface area is 214 Å². The highest BCUT2D eigenvalue weighted by Gasteiger charge is 2.41. The van der Waals surface area contributed by atoms with Crippen LogP contribution in [0.25, 0.3) is 0 Å². The van der Waals surface area contributed by atoms with E-state index in [9.17, 15) is 18.8 Å². The molecule has 3 heterocycles. The van der Waals surface area contributed by atoms with Crippen molar-refractivity contribution in [3.05, 3.63) is 59.4 Å². The van der Waals surface area contributed by atoms with E-state index < -0.39 is 11.9 Å². The van der Waals surface area contributed by atoms with E-state index in [0.29, 0.717) is 24.3 Å². The summed E-state index contributed by atoms with van der Waals surface area (Å²) in [7, 11) is 0. The summed E-state index contributed by atoms with van der Waals surface area (Å²) in [6, 6.07) is 11.4. The largest absolute Gasteiger partial charge is 0.489 e. The summed E-state index contributed by atoms with van der Waals surface area (Å²) >= 11 is 0. The Hall–Kier alpha value is -3.46.